The van der Waals surface area contributed by atoms with Gasteiger partial charge in [0, 0.05) is 11.7 Å². The first-order valence-electron chi connectivity index (χ1n) is 7.69. The topological polar surface area (TPSA) is 67.7 Å². The Morgan fingerprint density at radius 1 is 1.18 bits per heavy atom. The van der Waals surface area contributed by atoms with Crippen molar-refractivity contribution in [1.82, 2.24) is 25.5 Å². The van der Waals surface area contributed by atoms with Crippen LogP contribution in [0.4, 0.5) is 5.69 Å². The summed E-state index contributed by atoms with van der Waals surface area (Å²) in [6, 6.07) is 8.43. The molecule has 2 aliphatic rings. The number of aromatic nitrogens is 4. The first-order valence-corrected chi connectivity index (χ1v) is 8.10. The first kappa shape index (κ1) is 13.6. The van der Waals surface area contributed by atoms with Crippen LogP contribution in [-0.2, 0) is 0 Å². The molecule has 3 atom stereocenters. The normalized spacial score (nSPS) is 26.1. The summed E-state index contributed by atoms with van der Waals surface area (Å²) in [7, 11) is 0. The Bertz CT molecular complexity index is 653. The fourth-order valence-corrected chi connectivity index (χ4v) is 4.00. The lowest BCUT2D eigenvalue weighted by molar-refractivity contribution is 0.392. The maximum Gasteiger partial charge on any atom is 0.171 e. The zero-order valence-corrected chi connectivity index (χ0v) is 13.0. The maximum atomic E-state index is 5.44. The molecule has 114 valence electrons. The molecule has 2 saturated carbocycles. The van der Waals surface area contributed by atoms with Gasteiger partial charge in [-0.3, -0.25) is 0 Å². The van der Waals surface area contributed by atoms with E-state index in [1.165, 1.54) is 25.7 Å². The standard InChI is InChI=1S/C15H18N6S/c22-15(18-14-8-10-1-2-11(14)7-10)17-12-3-5-13(6-4-12)21-9-16-19-20-21/h3-6,9-11,14H,1-2,7-8H2,(H2,17,18,22). The second-order valence-corrected chi connectivity index (χ2v) is 6.59. The van der Waals surface area contributed by atoms with Gasteiger partial charge in [0.15, 0.2) is 5.11 Å². The van der Waals surface area contributed by atoms with E-state index in [4.69, 9.17) is 12.2 Å². The highest BCUT2D eigenvalue weighted by Crippen LogP contribution is 2.44. The van der Waals surface area contributed by atoms with Crippen molar-refractivity contribution in [1.29, 1.82) is 0 Å². The number of rotatable bonds is 3. The molecule has 2 aromatic rings. The lowest BCUT2D eigenvalue weighted by atomic mass is 9.96. The fraction of sp³-hybridized carbons (Fsp3) is 0.467. The lowest BCUT2D eigenvalue weighted by Gasteiger charge is -2.24. The van der Waals surface area contributed by atoms with E-state index in [9.17, 15) is 0 Å². The predicted octanol–water partition coefficient (Wildman–Crippen LogP) is 2.14. The summed E-state index contributed by atoms with van der Waals surface area (Å²) in [6.45, 7) is 0. The minimum Gasteiger partial charge on any atom is -0.359 e. The highest BCUT2D eigenvalue weighted by atomic mass is 32.1. The van der Waals surface area contributed by atoms with Crippen molar-refractivity contribution in [2.75, 3.05) is 5.32 Å². The second kappa shape index (κ2) is 5.64. The third-order valence-corrected chi connectivity index (χ3v) is 5.01. The highest BCUT2D eigenvalue weighted by Gasteiger charge is 2.39. The molecule has 6 nitrogen and oxygen atoms in total. The first-order chi connectivity index (χ1) is 10.8. The molecule has 1 aromatic carbocycles. The Morgan fingerprint density at radius 2 is 2.05 bits per heavy atom. The van der Waals surface area contributed by atoms with Crippen LogP contribution in [0.1, 0.15) is 25.7 Å². The molecule has 1 heterocycles. The molecule has 4 rings (SSSR count). The molecule has 2 fully saturated rings. The molecular weight excluding hydrogens is 296 g/mol. The van der Waals surface area contributed by atoms with E-state index in [1.807, 2.05) is 24.3 Å². The SMILES string of the molecule is S=C(Nc1ccc(-n2cnnn2)cc1)NC1CC2CCC1C2. The molecule has 0 spiro atoms. The largest absolute Gasteiger partial charge is 0.359 e. The van der Waals surface area contributed by atoms with Crippen LogP contribution in [0, 0.1) is 11.8 Å². The number of fused-ring (bicyclic) bond motifs is 2. The van der Waals surface area contributed by atoms with Gasteiger partial charge in [-0.2, -0.15) is 0 Å². The fourth-order valence-electron chi connectivity index (χ4n) is 3.73. The summed E-state index contributed by atoms with van der Waals surface area (Å²) < 4.78 is 1.62. The van der Waals surface area contributed by atoms with Gasteiger partial charge in [-0.25, -0.2) is 4.68 Å². The summed E-state index contributed by atoms with van der Waals surface area (Å²) in [6.07, 6.45) is 6.97. The quantitative estimate of drug-likeness (QED) is 0.846. The van der Waals surface area contributed by atoms with Gasteiger partial charge in [-0.1, -0.05) is 6.42 Å². The van der Waals surface area contributed by atoms with Crippen LogP contribution in [0.3, 0.4) is 0 Å². The van der Waals surface area contributed by atoms with Crippen molar-refractivity contribution in [3.05, 3.63) is 30.6 Å². The number of hydrogen-bond acceptors (Lipinski definition) is 4. The Morgan fingerprint density at radius 3 is 2.68 bits per heavy atom. The monoisotopic (exact) mass is 314 g/mol. The number of tetrazole rings is 1. The van der Waals surface area contributed by atoms with E-state index < -0.39 is 0 Å². The zero-order chi connectivity index (χ0) is 14.9. The van der Waals surface area contributed by atoms with Gasteiger partial charge in [0.05, 0.1) is 5.69 Å². The average molecular weight is 314 g/mol. The van der Waals surface area contributed by atoms with Gasteiger partial charge in [0.1, 0.15) is 6.33 Å². The van der Waals surface area contributed by atoms with E-state index in [0.717, 1.165) is 23.2 Å². The highest BCUT2D eigenvalue weighted by molar-refractivity contribution is 7.80. The summed E-state index contributed by atoms with van der Waals surface area (Å²) in [5.41, 5.74) is 1.89. The van der Waals surface area contributed by atoms with Crippen molar-refractivity contribution in [2.45, 2.75) is 31.7 Å². The van der Waals surface area contributed by atoms with Gasteiger partial charge in [-0.05, 0) is 78.0 Å². The molecule has 7 heteroatoms. The minimum atomic E-state index is 0.555. The van der Waals surface area contributed by atoms with Crippen molar-refractivity contribution >= 4 is 23.0 Å². The van der Waals surface area contributed by atoms with Crippen molar-refractivity contribution < 1.29 is 0 Å². The lowest BCUT2D eigenvalue weighted by Crippen LogP contribution is -2.40. The van der Waals surface area contributed by atoms with Crippen LogP contribution >= 0.6 is 12.2 Å². The molecule has 0 aliphatic heterocycles. The van der Waals surface area contributed by atoms with E-state index in [0.29, 0.717) is 11.2 Å². The summed E-state index contributed by atoms with van der Waals surface area (Å²) >= 11 is 5.44. The summed E-state index contributed by atoms with van der Waals surface area (Å²) in [5, 5.41) is 18.6. The van der Waals surface area contributed by atoms with E-state index in [-0.39, 0.29) is 0 Å². The molecule has 0 saturated heterocycles. The Hall–Kier alpha value is -2.02. The van der Waals surface area contributed by atoms with E-state index in [2.05, 4.69) is 26.2 Å². The van der Waals surface area contributed by atoms with Crippen LogP contribution < -0.4 is 10.6 Å². The van der Waals surface area contributed by atoms with Crippen molar-refractivity contribution in [2.24, 2.45) is 11.8 Å². The Labute approximate surface area is 134 Å². The van der Waals surface area contributed by atoms with Crippen LogP contribution in [0.25, 0.3) is 5.69 Å². The van der Waals surface area contributed by atoms with E-state index >= 15 is 0 Å². The molecule has 0 radical (unpaired) electrons. The zero-order valence-electron chi connectivity index (χ0n) is 12.1. The van der Waals surface area contributed by atoms with Crippen LogP contribution in [-0.4, -0.2) is 31.4 Å². The van der Waals surface area contributed by atoms with Gasteiger partial charge in [0.25, 0.3) is 0 Å². The predicted molar refractivity (Wildman–Crippen MR) is 87.7 cm³/mol. The van der Waals surface area contributed by atoms with Gasteiger partial charge in [-0.15, -0.1) is 5.10 Å². The Kier molecular flexibility index (Phi) is 3.49. The van der Waals surface area contributed by atoms with Crippen molar-refractivity contribution in [3.8, 4) is 5.69 Å². The smallest absolute Gasteiger partial charge is 0.171 e. The summed E-state index contributed by atoms with van der Waals surface area (Å²) in [4.78, 5) is 0. The number of nitrogens with one attached hydrogen (secondary N) is 2. The average Bonchev–Trinajstić information content (AvgIpc) is 3.25. The molecule has 0 amide bonds. The number of nitrogens with zero attached hydrogens (tertiary/aromatic N) is 4. The molecular formula is C15H18N6S. The number of thiocarbonyl (C=S) groups is 1. The second-order valence-electron chi connectivity index (χ2n) is 6.18. The number of hydrogen-bond donors (Lipinski definition) is 2. The van der Waals surface area contributed by atoms with Crippen molar-refractivity contribution in [3.63, 3.8) is 0 Å². The van der Waals surface area contributed by atoms with Crippen LogP contribution in [0.2, 0.25) is 0 Å². The number of anilines is 1. The van der Waals surface area contributed by atoms with E-state index in [1.54, 1.807) is 11.0 Å². The third-order valence-electron chi connectivity index (χ3n) is 4.79. The molecule has 22 heavy (non-hydrogen) atoms. The Balaban J connectivity index is 1.35. The molecule has 3 unspecified atom stereocenters. The molecule has 2 N–H and O–H groups in total. The molecule has 2 bridgehead atoms. The van der Waals surface area contributed by atoms with Crippen LogP contribution in [0.15, 0.2) is 30.6 Å². The number of benzene rings is 1. The maximum absolute atomic E-state index is 5.44. The van der Waals surface area contributed by atoms with Gasteiger partial charge >= 0.3 is 0 Å². The minimum absolute atomic E-state index is 0.555. The van der Waals surface area contributed by atoms with Gasteiger partial charge < -0.3 is 10.6 Å². The third kappa shape index (κ3) is 2.68. The summed E-state index contributed by atoms with van der Waals surface area (Å²) in [5.74, 6) is 1.73. The van der Waals surface area contributed by atoms with Crippen LogP contribution in [0.5, 0.6) is 0 Å². The molecule has 1 aromatic heterocycles. The van der Waals surface area contributed by atoms with Gasteiger partial charge in [0.2, 0.25) is 0 Å². The molecule has 2 aliphatic carbocycles.